The summed E-state index contributed by atoms with van der Waals surface area (Å²) in [5.41, 5.74) is 7.15. The number of piperazine rings is 1. The highest BCUT2D eigenvalue weighted by molar-refractivity contribution is 9.10. The fraction of sp³-hybridized carbons (Fsp3) is 0.533. The zero-order chi connectivity index (χ0) is 15.6. The molecule has 1 aliphatic heterocycles. The zero-order valence-corrected chi connectivity index (χ0v) is 14.3. The monoisotopic (exact) mass is 355 g/mol. The average molecular weight is 356 g/mol. The highest BCUT2D eigenvalue weighted by Gasteiger charge is 2.26. The standard InChI is InChI=1S/C15H22BrN3O2/c1-15(2,3)21-14(20)19-8-6-18(7-9-19)13-5-4-11(17)10-12(13)16/h4-5,10H,6-9,17H2,1-3H3. The average Bonchev–Trinajstić information content (AvgIpc) is 2.37. The van der Waals surface area contributed by atoms with Gasteiger partial charge in [-0.25, -0.2) is 4.79 Å². The summed E-state index contributed by atoms with van der Waals surface area (Å²) in [7, 11) is 0. The lowest BCUT2D eigenvalue weighted by Gasteiger charge is -2.37. The van der Waals surface area contributed by atoms with Crippen molar-refractivity contribution in [1.82, 2.24) is 4.90 Å². The first-order chi connectivity index (χ1) is 9.76. The minimum atomic E-state index is -0.450. The number of ether oxygens (including phenoxy) is 1. The highest BCUT2D eigenvalue weighted by Crippen LogP contribution is 2.29. The van der Waals surface area contributed by atoms with E-state index in [9.17, 15) is 4.79 Å². The van der Waals surface area contributed by atoms with Gasteiger partial charge in [0.1, 0.15) is 5.60 Å². The SMILES string of the molecule is CC(C)(C)OC(=O)N1CCN(c2ccc(N)cc2Br)CC1. The molecule has 2 N–H and O–H groups in total. The van der Waals surface area contributed by atoms with E-state index in [1.165, 1.54) is 0 Å². The topological polar surface area (TPSA) is 58.8 Å². The summed E-state index contributed by atoms with van der Waals surface area (Å²) in [6.45, 7) is 8.52. The molecule has 116 valence electrons. The van der Waals surface area contributed by atoms with Crippen LogP contribution in [0.25, 0.3) is 0 Å². The van der Waals surface area contributed by atoms with Crippen molar-refractivity contribution >= 4 is 33.4 Å². The molecule has 0 unspecified atom stereocenters. The Balaban J connectivity index is 1.95. The van der Waals surface area contributed by atoms with Crippen molar-refractivity contribution < 1.29 is 9.53 Å². The predicted molar refractivity (Wildman–Crippen MR) is 88.6 cm³/mol. The Morgan fingerprint density at radius 3 is 2.38 bits per heavy atom. The van der Waals surface area contributed by atoms with Crippen molar-refractivity contribution in [1.29, 1.82) is 0 Å². The summed E-state index contributed by atoms with van der Waals surface area (Å²) in [5, 5.41) is 0. The number of amides is 1. The summed E-state index contributed by atoms with van der Waals surface area (Å²) in [6.07, 6.45) is -0.237. The molecule has 1 amide bonds. The Bertz CT molecular complexity index is 520. The van der Waals surface area contributed by atoms with Crippen LogP contribution in [0, 0.1) is 0 Å². The number of hydrogen-bond acceptors (Lipinski definition) is 4. The van der Waals surface area contributed by atoms with E-state index >= 15 is 0 Å². The van der Waals surface area contributed by atoms with Crippen LogP contribution in [0.1, 0.15) is 20.8 Å². The first kappa shape index (κ1) is 15.9. The molecule has 0 saturated carbocycles. The number of hydrogen-bond donors (Lipinski definition) is 1. The molecule has 0 aliphatic carbocycles. The van der Waals surface area contributed by atoms with E-state index in [2.05, 4.69) is 20.8 Å². The van der Waals surface area contributed by atoms with Gasteiger partial charge in [0.15, 0.2) is 0 Å². The van der Waals surface area contributed by atoms with Gasteiger partial charge in [-0.3, -0.25) is 0 Å². The van der Waals surface area contributed by atoms with E-state index in [4.69, 9.17) is 10.5 Å². The Morgan fingerprint density at radius 2 is 1.86 bits per heavy atom. The smallest absolute Gasteiger partial charge is 0.410 e. The van der Waals surface area contributed by atoms with Crippen molar-refractivity contribution in [3.8, 4) is 0 Å². The number of anilines is 2. The number of carbonyl (C=O) groups is 1. The van der Waals surface area contributed by atoms with E-state index in [0.29, 0.717) is 13.1 Å². The van der Waals surface area contributed by atoms with Crippen LogP contribution >= 0.6 is 15.9 Å². The molecule has 0 atom stereocenters. The fourth-order valence-corrected chi connectivity index (χ4v) is 2.88. The predicted octanol–water partition coefficient (Wildman–Crippen LogP) is 3.09. The molecule has 1 aliphatic rings. The molecule has 1 heterocycles. The summed E-state index contributed by atoms with van der Waals surface area (Å²) in [5.74, 6) is 0. The lowest BCUT2D eigenvalue weighted by Crippen LogP contribution is -2.50. The maximum Gasteiger partial charge on any atom is 0.410 e. The minimum Gasteiger partial charge on any atom is -0.444 e. The van der Waals surface area contributed by atoms with Crippen molar-refractivity contribution in [2.75, 3.05) is 36.8 Å². The molecule has 5 nitrogen and oxygen atoms in total. The third-order valence-corrected chi connectivity index (χ3v) is 3.88. The quantitative estimate of drug-likeness (QED) is 0.786. The molecule has 0 bridgehead atoms. The second kappa shape index (κ2) is 6.13. The van der Waals surface area contributed by atoms with Crippen molar-refractivity contribution in [2.24, 2.45) is 0 Å². The first-order valence-electron chi connectivity index (χ1n) is 7.04. The molecule has 0 radical (unpaired) electrons. The Hall–Kier alpha value is -1.43. The molecule has 0 spiro atoms. The molecule has 1 saturated heterocycles. The van der Waals surface area contributed by atoms with Gasteiger partial charge in [-0.1, -0.05) is 0 Å². The lowest BCUT2D eigenvalue weighted by atomic mass is 10.2. The van der Waals surface area contributed by atoms with Crippen LogP contribution in [-0.2, 0) is 4.74 Å². The molecule has 1 fully saturated rings. The normalized spacial score (nSPS) is 16.0. The van der Waals surface area contributed by atoms with Gasteiger partial charge in [-0.2, -0.15) is 0 Å². The lowest BCUT2D eigenvalue weighted by molar-refractivity contribution is 0.0240. The highest BCUT2D eigenvalue weighted by atomic mass is 79.9. The van der Waals surface area contributed by atoms with E-state index in [-0.39, 0.29) is 6.09 Å². The Morgan fingerprint density at radius 1 is 1.24 bits per heavy atom. The summed E-state index contributed by atoms with van der Waals surface area (Å²) in [4.78, 5) is 16.0. The van der Waals surface area contributed by atoms with Crippen LogP contribution in [0.5, 0.6) is 0 Å². The molecule has 1 aromatic carbocycles. The van der Waals surface area contributed by atoms with Gasteiger partial charge in [0.05, 0.1) is 5.69 Å². The van der Waals surface area contributed by atoms with Crippen LogP contribution in [0.4, 0.5) is 16.2 Å². The van der Waals surface area contributed by atoms with Gasteiger partial charge >= 0.3 is 6.09 Å². The second-order valence-electron chi connectivity index (χ2n) is 6.17. The summed E-state index contributed by atoms with van der Waals surface area (Å²) in [6, 6.07) is 5.79. The van der Waals surface area contributed by atoms with Gasteiger partial charge in [0.25, 0.3) is 0 Å². The van der Waals surface area contributed by atoms with Crippen LogP contribution in [0.2, 0.25) is 0 Å². The molecule has 21 heavy (non-hydrogen) atoms. The number of nitrogens with zero attached hydrogens (tertiary/aromatic N) is 2. The largest absolute Gasteiger partial charge is 0.444 e. The third-order valence-electron chi connectivity index (χ3n) is 3.24. The molecular weight excluding hydrogens is 334 g/mol. The van der Waals surface area contributed by atoms with Gasteiger partial charge in [0.2, 0.25) is 0 Å². The van der Waals surface area contributed by atoms with Crippen molar-refractivity contribution in [3.05, 3.63) is 22.7 Å². The maximum atomic E-state index is 12.0. The number of nitrogens with two attached hydrogens (primary N) is 1. The number of nitrogen functional groups attached to an aromatic ring is 1. The van der Waals surface area contributed by atoms with Crippen LogP contribution in [-0.4, -0.2) is 42.8 Å². The molecule has 2 rings (SSSR count). The number of carbonyl (C=O) groups excluding carboxylic acids is 1. The first-order valence-corrected chi connectivity index (χ1v) is 7.83. The van der Waals surface area contributed by atoms with Crippen LogP contribution in [0.3, 0.4) is 0 Å². The Kier molecular flexibility index (Phi) is 4.66. The summed E-state index contributed by atoms with van der Waals surface area (Å²) < 4.78 is 6.38. The van der Waals surface area contributed by atoms with E-state index in [0.717, 1.165) is 28.9 Å². The maximum absolute atomic E-state index is 12.0. The van der Waals surface area contributed by atoms with E-state index in [1.54, 1.807) is 4.90 Å². The third kappa shape index (κ3) is 4.27. The number of benzene rings is 1. The van der Waals surface area contributed by atoms with Gasteiger partial charge in [-0.05, 0) is 54.9 Å². The van der Waals surface area contributed by atoms with Crippen LogP contribution < -0.4 is 10.6 Å². The van der Waals surface area contributed by atoms with Crippen molar-refractivity contribution in [2.45, 2.75) is 26.4 Å². The molecular formula is C15H22BrN3O2. The molecule has 6 heteroatoms. The zero-order valence-electron chi connectivity index (χ0n) is 12.7. The van der Waals surface area contributed by atoms with Crippen molar-refractivity contribution in [3.63, 3.8) is 0 Å². The fourth-order valence-electron chi connectivity index (χ4n) is 2.24. The van der Waals surface area contributed by atoms with Gasteiger partial charge in [0, 0.05) is 36.3 Å². The number of halogens is 1. The Labute approximate surface area is 134 Å². The van der Waals surface area contributed by atoms with Crippen LogP contribution in [0.15, 0.2) is 22.7 Å². The second-order valence-corrected chi connectivity index (χ2v) is 7.02. The number of rotatable bonds is 1. The van der Waals surface area contributed by atoms with E-state index in [1.807, 2.05) is 39.0 Å². The van der Waals surface area contributed by atoms with Gasteiger partial charge < -0.3 is 20.3 Å². The van der Waals surface area contributed by atoms with E-state index < -0.39 is 5.60 Å². The van der Waals surface area contributed by atoms with Gasteiger partial charge in [-0.15, -0.1) is 0 Å². The molecule has 0 aromatic heterocycles. The summed E-state index contributed by atoms with van der Waals surface area (Å²) >= 11 is 3.54. The molecule has 1 aromatic rings. The minimum absolute atomic E-state index is 0.237.